The Balaban J connectivity index is 2.32. The molecule has 0 fully saturated rings. The van der Waals surface area contributed by atoms with E-state index in [1.165, 1.54) is 25.3 Å². The van der Waals surface area contributed by atoms with Gasteiger partial charge in [0, 0.05) is 6.42 Å². The van der Waals surface area contributed by atoms with Crippen LogP contribution in [-0.2, 0) is 6.42 Å². The minimum absolute atomic E-state index is 0.143. The highest BCUT2D eigenvalue weighted by atomic mass is 19.1. The van der Waals surface area contributed by atoms with Crippen molar-refractivity contribution in [1.82, 2.24) is 0 Å². The van der Waals surface area contributed by atoms with Gasteiger partial charge in [-0.1, -0.05) is 23.8 Å². The summed E-state index contributed by atoms with van der Waals surface area (Å²) in [7, 11) is 1.47. The molecule has 0 atom stereocenters. The van der Waals surface area contributed by atoms with Crippen molar-refractivity contribution >= 4 is 5.78 Å². The molecular formula is C17H17FO2. The smallest absolute Gasteiger partial charge is 0.171 e. The van der Waals surface area contributed by atoms with Gasteiger partial charge >= 0.3 is 0 Å². The van der Waals surface area contributed by atoms with Gasteiger partial charge in [0.2, 0.25) is 0 Å². The van der Waals surface area contributed by atoms with Crippen molar-refractivity contribution in [3.63, 3.8) is 0 Å². The molecule has 0 aliphatic carbocycles. The van der Waals surface area contributed by atoms with Crippen LogP contribution in [0.4, 0.5) is 4.39 Å². The van der Waals surface area contributed by atoms with Gasteiger partial charge in [-0.25, -0.2) is 4.39 Å². The van der Waals surface area contributed by atoms with Crippen LogP contribution in [0.3, 0.4) is 0 Å². The molecule has 0 aromatic heterocycles. The SMILES string of the molecule is COc1ccc(F)cc1C(=O)Cc1cc(C)ccc1C. The Bertz CT molecular complexity index is 647. The number of halogens is 1. The number of carbonyl (C=O) groups excluding carboxylic acids is 1. The fourth-order valence-electron chi connectivity index (χ4n) is 2.16. The summed E-state index contributed by atoms with van der Waals surface area (Å²) in [5.74, 6) is -0.174. The Hall–Kier alpha value is -2.16. The van der Waals surface area contributed by atoms with Crippen LogP contribution in [0.25, 0.3) is 0 Å². The van der Waals surface area contributed by atoms with Crippen LogP contribution < -0.4 is 4.74 Å². The molecule has 0 N–H and O–H groups in total. The zero-order chi connectivity index (χ0) is 14.7. The molecule has 0 radical (unpaired) electrons. The van der Waals surface area contributed by atoms with Crippen LogP contribution in [0.2, 0.25) is 0 Å². The molecule has 2 rings (SSSR count). The number of rotatable bonds is 4. The first kappa shape index (κ1) is 14.3. The standard InChI is InChI=1S/C17H17FO2/c1-11-4-5-12(2)13(8-11)9-16(19)15-10-14(18)6-7-17(15)20-3/h4-8,10H,9H2,1-3H3. The van der Waals surface area contributed by atoms with Gasteiger partial charge in [-0.05, 0) is 43.2 Å². The lowest BCUT2D eigenvalue weighted by molar-refractivity contribution is 0.0989. The van der Waals surface area contributed by atoms with E-state index in [1.54, 1.807) is 0 Å². The summed E-state index contributed by atoms with van der Waals surface area (Å²) in [6.07, 6.45) is 0.243. The highest BCUT2D eigenvalue weighted by Gasteiger charge is 2.15. The number of ether oxygens (including phenoxy) is 1. The maximum atomic E-state index is 13.3. The van der Waals surface area contributed by atoms with Gasteiger partial charge in [0.15, 0.2) is 5.78 Å². The minimum atomic E-state index is -0.435. The zero-order valence-electron chi connectivity index (χ0n) is 11.9. The lowest BCUT2D eigenvalue weighted by atomic mass is 9.97. The van der Waals surface area contributed by atoms with Gasteiger partial charge in [-0.3, -0.25) is 4.79 Å². The summed E-state index contributed by atoms with van der Waals surface area (Å²) in [5.41, 5.74) is 3.40. The second-order valence-corrected chi connectivity index (χ2v) is 4.87. The van der Waals surface area contributed by atoms with E-state index in [0.717, 1.165) is 16.7 Å². The van der Waals surface area contributed by atoms with E-state index in [0.29, 0.717) is 5.75 Å². The van der Waals surface area contributed by atoms with Crippen LogP contribution in [0, 0.1) is 19.7 Å². The molecule has 0 aliphatic heterocycles. The molecule has 2 aromatic carbocycles. The molecule has 0 unspecified atom stereocenters. The third kappa shape index (κ3) is 3.05. The van der Waals surface area contributed by atoms with E-state index >= 15 is 0 Å². The highest BCUT2D eigenvalue weighted by molar-refractivity contribution is 6.00. The average molecular weight is 272 g/mol. The van der Waals surface area contributed by atoms with Crippen molar-refractivity contribution in [1.29, 1.82) is 0 Å². The Morgan fingerprint density at radius 2 is 1.90 bits per heavy atom. The van der Waals surface area contributed by atoms with E-state index < -0.39 is 5.82 Å². The zero-order valence-corrected chi connectivity index (χ0v) is 11.9. The van der Waals surface area contributed by atoms with Crippen molar-refractivity contribution in [2.75, 3.05) is 7.11 Å². The van der Waals surface area contributed by atoms with Crippen molar-refractivity contribution in [3.8, 4) is 5.75 Å². The van der Waals surface area contributed by atoms with Gasteiger partial charge < -0.3 is 4.74 Å². The molecule has 0 saturated heterocycles. The van der Waals surface area contributed by atoms with Crippen molar-refractivity contribution < 1.29 is 13.9 Å². The fraction of sp³-hybridized carbons (Fsp3) is 0.235. The molecule has 20 heavy (non-hydrogen) atoms. The summed E-state index contributed by atoms with van der Waals surface area (Å²) in [6.45, 7) is 3.95. The van der Waals surface area contributed by atoms with Crippen molar-refractivity contribution in [2.45, 2.75) is 20.3 Å². The van der Waals surface area contributed by atoms with Crippen LogP contribution >= 0.6 is 0 Å². The molecule has 104 valence electrons. The van der Waals surface area contributed by atoms with Crippen molar-refractivity contribution in [2.24, 2.45) is 0 Å². The van der Waals surface area contributed by atoms with Gasteiger partial charge in [0.1, 0.15) is 11.6 Å². The summed E-state index contributed by atoms with van der Waals surface area (Å²) in [5, 5.41) is 0. The number of Topliss-reactive ketones (excluding diaryl/α,β-unsaturated/α-hetero) is 1. The molecule has 0 spiro atoms. The maximum Gasteiger partial charge on any atom is 0.171 e. The molecule has 0 saturated carbocycles. The van der Waals surface area contributed by atoms with Gasteiger partial charge in [0.25, 0.3) is 0 Å². The number of benzene rings is 2. The normalized spacial score (nSPS) is 10.4. The Morgan fingerprint density at radius 1 is 1.15 bits per heavy atom. The first-order chi connectivity index (χ1) is 9.51. The molecule has 0 amide bonds. The molecular weight excluding hydrogens is 255 g/mol. The van der Waals surface area contributed by atoms with E-state index in [4.69, 9.17) is 4.74 Å². The summed E-state index contributed by atoms with van der Waals surface area (Å²) >= 11 is 0. The lowest BCUT2D eigenvalue weighted by Crippen LogP contribution is -2.07. The van der Waals surface area contributed by atoms with E-state index in [1.807, 2.05) is 32.0 Å². The number of hydrogen-bond donors (Lipinski definition) is 0. The minimum Gasteiger partial charge on any atom is -0.496 e. The largest absolute Gasteiger partial charge is 0.496 e. The maximum absolute atomic E-state index is 13.3. The predicted octanol–water partition coefficient (Wildman–Crippen LogP) is 3.88. The monoisotopic (exact) mass is 272 g/mol. The number of hydrogen-bond acceptors (Lipinski definition) is 2. The molecule has 0 aliphatic rings. The first-order valence-electron chi connectivity index (χ1n) is 6.44. The van der Waals surface area contributed by atoms with E-state index in [-0.39, 0.29) is 17.8 Å². The van der Waals surface area contributed by atoms with Gasteiger partial charge in [0.05, 0.1) is 12.7 Å². The Kier molecular flexibility index (Phi) is 4.18. The third-order valence-electron chi connectivity index (χ3n) is 3.32. The number of carbonyl (C=O) groups is 1. The molecule has 0 heterocycles. The quantitative estimate of drug-likeness (QED) is 0.790. The average Bonchev–Trinajstić information content (AvgIpc) is 2.42. The van der Waals surface area contributed by atoms with Crippen LogP contribution in [0.1, 0.15) is 27.0 Å². The van der Waals surface area contributed by atoms with Crippen LogP contribution in [0.5, 0.6) is 5.75 Å². The molecule has 2 aromatic rings. The molecule has 3 heteroatoms. The van der Waals surface area contributed by atoms with Crippen LogP contribution in [-0.4, -0.2) is 12.9 Å². The number of aryl methyl sites for hydroxylation is 2. The number of ketones is 1. The molecule has 0 bridgehead atoms. The van der Waals surface area contributed by atoms with Gasteiger partial charge in [-0.15, -0.1) is 0 Å². The lowest BCUT2D eigenvalue weighted by Gasteiger charge is -2.10. The van der Waals surface area contributed by atoms with Crippen LogP contribution in [0.15, 0.2) is 36.4 Å². The van der Waals surface area contributed by atoms with E-state index in [9.17, 15) is 9.18 Å². The topological polar surface area (TPSA) is 26.3 Å². The van der Waals surface area contributed by atoms with Gasteiger partial charge in [-0.2, -0.15) is 0 Å². The molecule has 2 nitrogen and oxygen atoms in total. The third-order valence-corrected chi connectivity index (χ3v) is 3.32. The Morgan fingerprint density at radius 3 is 2.60 bits per heavy atom. The second kappa shape index (κ2) is 5.87. The highest BCUT2D eigenvalue weighted by Crippen LogP contribution is 2.22. The summed E-state index contributed by atoms with van der Waals surface area (Å²) < 4.78 is 18.4. The second-order valence-electron chi connectivity index (χ2n) is 4.87. The van der Waals surface area contributed by atoms with Crippen molar-refractivity contribution in [3.05, 3.63) is 64.5 Å². The predicted molar refractivity (Wildman–Crippen MR) is 76.9 cm³/mol. The fourth-order valence-corrected chi connectivity index (χ4v) is 2.16. The summed E-state index contributed by atoms with van der Waals surface area (Å²) in [4.78, 5) is 12.4. The first-order valence-corrected chi connectivity index (χ1v) is 6.44. The van der Waals surface area contributed by atoms with E-state index in [2.05, 4.69) is 0 Å². The Labute approximate surface area is 118 Å². The number of methoxy groups -OCH3 is 1. The summed E-state index contributed by atoms with van der Waals surface area (Å²) in [6, 6.07) is 9.97.